The summed E-state index contributed by atoms with van der Waals surface area (Å²) >= 11 is 0. The molecule has 4 nitrogen and oxygen atoms in total. The van der Waals surface area contributed by atoms with Crippen molar-refractivity contribution < 1.29 is 13.1 Å². The molecule has 0 atom stereocenters. The summed E-state index contributed by atoms with van der Waals surface area (Å²) in [5.41, 5.74) is 8.10. The molecule has 5 heteroatoms. The third kappa shape index (κ3) is 3.13. The van der Waals surface area contributed by atoms with Gasteiger partial charge in [-0.15, -0.1) is 0 Å². The Morgan fingerprint density at radius 1 is 0.655 bits per heavy atom. The Bertz CT molecular complexity index is 1040. The zero-order chi connectivity index (χ0) is 19.2. The van der Waals surface area contributed by atoms with Gasteiger partial charge in [0.25, 0.3) is 0 Å². The van der Waals surface area contributed by atoms with E-state index >= 15 is 0 Å². The van der Waals surface area contributed by atoms with Crippen LogP contribution in [0.5, 0.6) is 0 Å². The molecule has 0 N–H and O–H groups in total. The quantitative estimate of drug-likeness (QED) is 0.493. The standard InChI is InChI=1S/C24H28NO3P/c1-3-7-19-17(5-1)9-11-21-23(19)24-20-8-4-2-6-18(20)10-12-22(24)28-29(27-21)25-13-15-26-16-14-25/h9-12H,1-8,13-16H2. The molecule has 0 unspecified atom stereocenters. The third-order valence-electron chi connectivity index (χ3n) is 6.81. The van der Waals surface area contributed by atoms with Crippen LogP contribution in [0.4, 0.5) is 0 Å². The topological polar surface area (TPSA) is 38.8 Å². The zero-order valence-corrected chi connectivity index (χ0v) is 17.8. The van der Waals surface area contributed by atoms with Crippen molar-refractivity contribution in [2.75, 3.05) is 31.0 Å². The highest BCUT2D eigenvalue weighted by Crippen LogP contribution is 2.43. The molecule has 2 aliphatic carbocycles. The van der Waals surface area contributed by atoms with Crippen molar-refractivity contribution >= 4 is 30.1 Å². The van der Waals surface area contributed by atoms with Crippen LogP contribution in [-0.2, 0) is 30.4 Å². The van der Waals surface area contributed by atoms with Gasteiger partial charge < -0.3 is 13.1 Å². The molecular formula is C24H28NO3P. The van der Waals surface area contributed by atoms with Gasteiger partial charge in [0.15, 0.2) is 0 Å². The Morgan fingerprint density at radius 3 is 1.72 bits per heavy atom. The highest BCUT2D eigenvalue weighted by molar-refractivity contribution is 7.39. The van der Waals surface area contributed by atoms with Gasteiger partial charge in [-0.2, -0.15) is 4.67 Å². The van der Waals surface area contributed by atoms with Crippen LogP contribution in [0, 0.1) is 0 Å². The zero-order valence-electron chi connectivity index (χ0n) is 16.9. The van der Waals surface area contributed by atoms with Crippen molar-refractivity contribution in [1.29, 1.82) is 0 Å². The van der Waals surface area contributed by atoms with Gasteiger partial charge in [-0.1, -0.05) is 12.1 Å². The third-order valence-corrected chi connectivity index (χ3v) is 8.38. The second kappa shape index (κ2) is 7.50. The van der Waals surface area contributed by atoms with Gasteiger partial charge >= 0.3 is 8.16 Å². The first-order valence-corrected chi connectivity index (χ1v) is 12.3. The summed E-state index contributed by atoms with van der Waals surface area (Å²) in [6.07, 6.45) is 9.81. The van der Waals surface area contributed by atoms with Gasteiger partial charge in [-0.3, -0.25) is 0 Å². The van der Waals surface area contributed by atoms with Crippen LogP contribution in [0.15, 0.2) is 32.7 Å². The Kier molecular flexibility index (Phi) is 4.67. The molecule has 0 amide bonds. The number of rotatable bonds is 1. The predicted molar refractivity (Wildman–Crippen MR) is 118 cm³/mol. The lowest BCUT2D eigenvalue weighted by Gasteiger charge is -2.22. The van der Waals surface area contributed by atoms with E-state index in [1.807, 2.05) is 0 Å². The highest BCUT2D eigenvalue weighted by atomic mass is 31.1. The van der Waals surface area contributed by atoms with Gasteiger partial charge in [-0.05, 0) is 85.8 Å². The van der Waals surface area contributed by atoms with Crippen LogP contribution in [-0.4, -0.2) is 26.3 Å². The molecule has 0 radical (unpaired) electrons. The van der Waals surface area contributed by atoms with Crippen molar-refractivity contribution in [1.82, 2.24) is 0 Å². The summed E-state index contributed by atoms with van der Waals surface area (Å²) in [5, 5.41) is 2.68. The smallest absolute Gasteiger partial charge is 0.309 e. The maximum Gasteiger partial charge on any atom is 0.309 e. The van der Waals surface area contributed by atoms with E-state index < -0.39 is 8.16 Å². The van der Waals surface area contributed by atoms with Crippen molar-refractivity contribution in [2.45, 2.75) is 51.4 Å². The molecule has 0 spiro atoms. The van der Waals surface area contributed by atoms with Crippen LogP contribution >= 0.6 is 8.16 Å². The summed E-state index contributed by atoms with van der Waals surface area (Å²) in [7, 11) is -1.16. The first-order chi connectivity index (χ1) is 14.4. The molecular weight excluding hydrogens is 381 g/mol. The molecule has 0 bridgehead atoms. The lowest BCUT2D eigenvalue weighted by molar-refractivity contribution is 0.125. The molecule has 3 aromatic rings. The SMILES string of the molecule is c1cc2op(N3CCOCC3)oc3ccc4c(c3c2c2c1CCCC2)CCCC4. The highest BCUT2D eigenvalue weighted by Gasteiger charge is 2.23. The van der Waals surface area contributed by atoms with Crippen molar-refractivity contribution in [3.05, 3.63) is 46.5 Å². The molecule has 1 fully saturated rings. The molecule has 1 aromatic heterocycles. The van der Waals surface area contributed by atoms with Crippen LogP contribution < -0.4 is 4.67 Å². The molecule has 1 aliphatic heterocycles. The Balaban J connectivity index is 1.73. The minimum Gasteiger partial charge on any atom is -0.408 e. The number of nitrogens with zero attached hydrogens (tertiary/aromatic N) is 1. The van der Waals surface area contributed by atoms with Gasteiger partial charge in [0.1, 0.15) is 11.2 Å². The number of aryl methyl sites for hydroxylation is 4. The molecule has 2 heterocycles. The monoisotopic (exact) mass is 409 g/mol. The van der Waals surface area contributed by atoms with E-state index in [0.29, 0.717) is 0 Å². The van der Waals surface area contributed by atoms with E-state index in [1.165, 1.54) is 71.6 Å². The predicted octanol–water partition coefficient (Wildman–Crippen LogP) is 6.02. The lowest BCUT2D eigenvalue weighted by atomic mass is 9.84. The largest absolute Gasteiger partial charge is 0.408 e. The van der Waals surface area contributed by atoms with E-state index in [4.69, 9.17) is 13.1 Å². The maximum absolute atomic E-state index is 6.65. The van der Waals surface area contributed by atoms with E-state index in [9.17, 15) is 0 Å². The molecule has 1 saturated heterocycles. The number of ether oxygens (including phenoxy) is 1. The molecule has 6 rings (SSSR count). The van der Waals surface area contributed by atoms with E-state index in [0.717, 1.165) is 50.3 Å². The minimum absolute atomic E-state index is 0.750. The van der Waals surface area contributed by atoms with Crippen LogP contribution in [0.2, 0.25) is 0 Å². The summed E-state index contributed by atoms with van der Waals surface area (Å²) < 4.78 is 21.2. The van der Waals surface area contributed by atoms with Crippen molar-refractivity contribution in [2.24, 2.45) is 0 Å². The Labute approximate surface area is 172 Å². The van der Waals surface area contributed by atoms with E-state index in [2.05, 4.69) is 28.9 Å². The van der Waals surface area contributed by atoms with Crippen molar-refractivity contribution in [3.63, 3.8) is 0 Å². The van der Waals surface area contributed by atoms with Crippen molar-refractivity contribution in [3.8, 4) is 0 Å². The minimum atomic E-state index is -1.16. The molecule has 152 valence electrons. The Hall–Kier alpha value is -1.74. The number of benzene rings is 2. The average molecular weight is 409 g/mol. The molecule has 29 heavy (non-hydrogen) atoms. The molecule has 0 saturated carbocycles. The second-order valence-electron chi connectivity index (χ2n) is 8.55. The number of fused-ring (bicyclic) bond motifs is 7. The average Bonchev–Trinajstić information content (AvgIpc) is 2.97. The summed E-state index contributed by atoms with van der Waals surface area (Å²) in [4.78, 5) is 0. The maximum atomic E-state index is 6.65. The van der Waals surface area contributed by atoms with Gasteiger partial charge in [0.05, 0.1) is 13.2 Å². The van der Waals surface area contributed by atoms with Crippen LogP contribution in [0.1, 0.15) is 47.9 Å². The van der Waals surface area contributed by atoms with Gasteiger partial charge in [0.2, 0.25) is 0 Å². The van der Waals surface area contributed by atoms with Gasteiger partial charge in [-0.25, -0.2) is 0 Å². The van der Waals surface area contributed by atoms with Crippen LogP contribution in [0.3, 0.4) is 0 Å². The summed E-state index contributed by atoms with van der Waals surface area (Å²) in [6, 6.07) is 9.05. The Morgan fingerprint density at radius 2 is 1.17 bits per heavy atom. The summed E-state index contributed by atoms with van der Waals surface area (Å²) in [6.45, 7) is 3.23. The first-order valence-electron chi connectivity index (χ1n) is 11.2. The second-order valence-corrected chi connectivity index (χ2v) is 9.96. The fourth-order valence-electron chi connectivity index (χ4n) is 5.33. The normalized spacial score (nSPS) is 19.9. The number of hydrogen-bond acceptors (Lipinski definition) is 4. The molecule has 2 aromatic carbocycles. The number of morpholine rings is 1. The first kappa shape index (κ1) is 18.1. The molecule has 3 aliphatic rings. The summed E-state index contributed by atoms with van der Waals surface area (Å²) in [5.74, 6) is 0. The van der Waals surface area contributed by atoms with Crippen LogP contribution in [0.25, 0.3) is 21.9 Å². The number of hydrogen-bond donors (Lipinski definition) is 0. The fraction of sp³-hybridized carbons (Fsp3) is 0.500. The fourth-order valence-corrected chi connectivity index (χ4v) is 6.73. The van der Waals surface area contributed by atoms with Gasteiger partial charge in [0, 0.05) is 23.9 Å². The van der Waals surface area contributed by atoms with E-state index in [1.54, 1.807) is 0 Å². The lowest BCUT2D eigenvalue weighted by Crippen LogP contribution is -2.33. The van der Waals surface area contributed by atoms with E-state index in [-0.39, 0.29) is 0 Å².